The minimum Gasteiger partial charge on any atom is -0.492 e. The number of furan rings is 1. The first-order valence-corrected chi connectivity index (χ1v) is 11.2. The maximum Gasteiger partial charge on any atom is 0.232 e. The van der Waals surface area contributed by atoms with Gasteiger partial charge in [-0.1, -0.05) is 12.1 Å². The van der Waals surface area contributed by atoms with Gasteiger partial charge in [0, 0.05) is 25.9 Å². The van der Waals surface area contributed by atoms with Crippen LogP contribution in [0.4, 0.5) is 5.69 Å². The fraction of sp³-hybridized carbons (Fsp3) is 0.450. The molecule has 1 aromatic carbocycles. The third-order valence-corrected chi connectivity index (χ3v) is 5.28. The van der Waals surface area contributed by atoms with Crippen molar-refractivity contribution in [1.82, 2.24) is 5.32 Å². The Morgan fingerprint density at radius 3 is 2.64 bits per heavy atom. The number of amides is 1. The van der Waals surface area contributed by atoms with Crippen LogP contribution in [0.5, 0.6) is 5.75 Å². The summed E-state index contributed by atoms with van der Waals surface area (Å²) in [5.74, 6) is 1.31. The number of nitrogens with zero attached hydrogens (tertiary/aromatic N) is 1. The summed E-state index contributed by atoms with van der Waals surface area (Å²) in [4.78, 5) is 12.0. The number of aryl methyl sites for hydroxylation is 1. The number of para-hydroxylation sites is 2. The van der Waals surface area contributed by atoms with E-state index in [1.165, 1.54) is 4.31 Å². The van der Waals surface area contributed by atoms with Crippen molar-refractivity contribution in [3.8, 4) is 5.75 Å². The quantitative estimate of drug-likeness (QED) is 0.546. The molecular weight excluding hydrogens is 380 g/mol. The standard InChI is InChI=1S/C20H28N2O5S/c1-3-26-19-12-5-4-11-18(19)22(28(2,24)25)15-7-13-20(23)21-14-6-9-17-10-8-16-27-17/h4-5,8,10-12,16H,3,6-7,9,13-15H2,1-2H3,(H,21,23). The fourth-order valence-corrected chi connectivity index (χ4v) is 3.79. The van der Waals surface area contributed by atoms with Gasteiger partial charge in [-0.15, -0.1) is 0 Å². The summed E-state index contributed by atoms with van der Waals surface area (Å²) < 4.78 is 36.6. The Labute approximate surface area is 166 Å². The number of sulfonamides is 1. The topological polar surface area (TPSA) is 88.8 Å². The fourth-order valence-electron chi connectivity index (χ4n) is 2.82. The van der Waals surface area contributed by atoms with E-state index in [-0.39, 0.29) is 18.9 Å². The number of nitrogens with one attached hydrogen (secondary N) is 1. The Morgan fingerprint density at radius 2 is 1.96 bits per heavy atom. The number of benzene rings is 1. The van der Waals surface area contributed by atoms with Gasteiger partial charge in [0.1, 0.15) is 11.5 Å². The Bertz CT molecular complexity index is 834. The van der Waals surface area contributed by atoms with Gasteiger partial charge in [-0.3, -0.25) is 9.10 Å². The first kappa shape index (κ1) is 21.8. The molecule has 1 N–H and O–H groups in total. The number of anilines is 1. The Kier molecular flexibility index (Phi) is 8.38. The zero-order valence-corrected chi connectivity index (χ0v) is 17.2. The minimum atomic E-state index is -3.49. The molecule has 0 unspecified atom stereocenters. The number of hydrogen-bond donors (Lipinski definition) is 1. The molecule has 0 aliphatic heterocycles. The van der Waals surface area contributed by atoms with Crippen LogP contribution in [0.25, 0.3) is 0 Å². The van der Waals surface area contributed by atoms with Gasteiger partial charge in [0.05, 0.1) is 24.8 Å². The summed E-state index contributed by atoms with van der Waals surface area (Å²) in [7, 11) is -3.49. The number of hydrogen-bond acceptors (Lipinski definition) is 5. The van der Waals surface area contributed by atoms with Crippen LogP contribution >= 0.6 is 0 Å². The van der Waals surface area contributed by atoms with E-state index in [0.717, 1.165) is 24.9 Å². The van der Waals surface area contributed by atoms with Crippen molar-refractivity contribution in [2.75, 3.05) is 30.3 Å². The monoisotopic (exact) mass is 408 g/mol. The van der Waals surface area contributed by atoms with Gasteiger partial charge in [0.15, 0.2) is 0 Å². The maximum atomic E-state index is 12.2. The third-order valence-electron chi connectivity index (χ3n) is 4.10. The lowest BCUT2D eigenvalue weighted by molar-refractivity contribution is -0.121. The predicted octanol–water partition coefficient (Wildman–Crippen LogP) is 2.97. The average Bonchev–Trinajstić information content (AvgIpc) is 3.16. The first-order valence-electron chi connectivity index (χ1n) is 9.40. The normalized spacial score (nSPS) is 11.2. The summed E-state index contributed by atoms with van der Waals surface area (Å²) >= 11 is 0. The smallest absolute Gasteiger partial charge is 0.232 e. The molecule has 0 spiro atoms. The maximum absolute atomic E-state index is 12.2. The molecule has 0 saturated heterocycles. The molecule has 0 aliphatic carbocycles. The molecule has 1 amide bonds. The van der Waals surface area contributed by atoms with Crippen molar-refractivity contribution < 1.29 is 22.4 Å². The van der Waals surface area contributed by atoms with Gasteiger partial charge in [-0.05, 0) is 44.0 Å². The van der Waals surface area contributed by atoms with Gasteiger partial charge in [0.2, 0.25) is 15.9 Å². The highest BCUT2D eigenvalue weighted by Crippen LogP contribution is 2.30. The SMILES string of the molecule is CCOc1ccccc1N(CCCC(=O)NCCCc1ccco1)S(C)(=O)=O. The van der Waals surface area contributed by atoms with E-state index in [1.807, 2.05) is 19.1 Å². The van der Waals surface area contributed by atoms with Crippen molar-refractivity contribution in [1.29, 1.82) is 0 Å². The van der Waals surface area contributed by atoms with Crippen LogP contribution < -0.4 is 14.4 Å². The summed E-state index contributed by atoms with van der Waals surface area (Å²) in [6, 6.07) is 10.8. The lowest BCUT2D eigenvalue weighted by Gasteiger charge is -2.24. The molecular formula is C20H28N2O5S. The van der Waals surface area contributed by atoms with Crippen LogP contribution in [0.1, 0.15) is 31.9 Å². The Balaban J connectivity index is 1.83. The lowest BCUT2D eigenvalue weighted by Crippen LogP contribution is -2.32. The summed E-state index contributed by atoms with van der Waals surface area (Å²) in [6.07, 6.45) is 5.01. The molecule has 0 atom stereocenters. The summed E-state index contributed by atoms with van der Waals surface area (Å²) in [5.41, 5.74) is 0.491. The molecule has 8 heteroatoms. The molecule has 0 bridgehead atoms. The molecule has 28 heavy (non-hydrogen) atoms. The second-order valence-electron chi connectivity index (χ2n) is 6.37. The van der Waals surface area contributed by atoms with Gasteiger partial charge < -0.3 is 14.5 Å². The molecule has 0 aliphatic rings. The highest BCUT2D eigenvalue weighted by atomic mass is 32.2. The van der Waals surface area contributed by atoms with E-state index in [9.17, 15) is 13.2 Å². The molecule has 2 rings (SSSR count). The largest absolute Gasteiger partial charge is 0.492 e. The highest BCUT2D eigenvalue weighted by molar-refractivity contribution is 7.92. The van der Waals surface area contributed by atoms with Crippen LogP contribution in [0, 0.1) is 0 Å². The van der Waals surface area contributed by atoms with Crippen molar-refractivity contribution >= 4 is 21.6 Å². The highest BCUT2D eigenvalue weighted by Gasteiger charge is 2.21. The molecule has 0 radical (unpaired) electrons. The van der Waals surface area contributed by atoms with Crippen molar-refractivity contribution in [2.24, 2.45) is 0 Å². The van der Waals surface area contributed by atoms with Gasteiger partial charge in [-0.25, -0.2) is 8.42 Å². The Morgan fingerprint density at radius 1 is 1.18 bits per heavy atom. The number of carbonyl (C=O) groups excluding carboxylic acids is 1. The predicted molar refractivity (Wildman–Crippen MR) is 109 cm³/mol. The van der Waals surface area contributed by atoms with Crippen molar-refractivity contribution in [2.45, 2.75) is 32.6 Å². The number of rotatable bonds is 12. The molecule has 0 saturated carbocycles. The average molecular weight is 409 g/mol. The van der Waals surface area contributed by atoms with Crippen LogP contribution in [-0.4, -0.2) is 40.3 Å². The lowest BCUT2D eigenvalue weighted by atomic mass is 10.2. The van der Waals surface area contributed by atoms with E-state index < -0.39 is 10.0 Å². The van der Waals surface area contributed by atoms with E-state index >= 15 is 0 Å². The van der Waals surface area contributed by atoms with Crippen molar-refractivity contribution in [3.63, 3.8) is 0 Å². The van der Waals surface area contributed by atoms with E-state index in [1.54, 1.807) is 30.5 Å². The van der Waals surface area contributed by atoms with Crippen LogP contribution in [0.3, 0.4) is 0 Å². The second-order valence-corrected chi connectivity index (χ2v) is 8.28. The minimum absolute atomic E-state index is 0.0917. The van der Waals surface area contributed by atoms with Crippen LogP contribution in [0.15, 0.2) is 47.1 Å². The Hall–Kier alpha value is -2.48. The number of carbonyl (C=O) groups is 1. The second kappa shape index (κ2) is 10.8. The molecule has 0 fully saturated rings. The first-order chi connectivity index (χ1) is 13.4. The zero-order chi connectivity index (χ0) is 20.4. The molecule has 154 valence electrons. The van der Waals surface area contributed by atoms with E-state index in [0.29, 0.717) is 31.0 Å². The van der Waals surface area contributed by atoms with E-state index in [4.69, 9.17) is 9.15 Å². The molecule has 1 heterocycles. The number of ether oxygens (including phenoxy) is 1. The summed E-state index contributed by atoms with van der Waals surface area (Å²) in [6.45, 7) is 3.05. The molecule has 1 aromatic heterocycles. The van der Waals surface area contributed by atoms with E-state index in [2.05, 4.69) is 5.32 Å². The summed E-state index contributed by atoms with van der Waals surface area (Å²) in [5, 5.41) is 2.86. The molecule has 7 nitrogen and oxygen atoms in total. The zero-order valence-electron chi connectivity index (χ0n) is 16.4. The van der Waals surface area contributed by atoms with Gasteiger partial charge in [0.25, 0.3) is 0 Å². The van der Waals surface area contributed by atoms with Gasteiger partial charge in [-0.2, -0.15) is 0 Å². The third kappa shape index (κ3) is 6.92. The van der Waals surface area contributed by atoms with Crippen LogP contribution in [-0.2, 0) is 21.2 Å². The molecule has 2 aromatic rings. The van der Waals surface area contributed by atoms with Crippen LogP contribution in [0.2, 0.25) is 0 Å². The van der Waals surface area contributed by atoms with Gasteiger partial charge >= 0.3 is 0 Å². The van der Waals surface area contributed by atoms with Crippen molar-refractivity contribution in [3.05, 3.63) is 48.4 Å².